The summed E-state index contributed by atoms with van der Waals surface area (Å²) in [6.07, 6.45) is 3.81. The summed E-state index contributed by atoms with van der Waals surface area (Å²) < 4.78 is 1.89. The van der Waals surface area contributed by atoms with Crippen molar-refractivity contribution in [1.82, 2.24) is 24.8 Å². The minimum atomic E-state index is -0.351. The first-order valence-corrected chi connectivity index (χ1v) is 11.1. The highest BCUT2D eigenvalue weighted by atomic mass is 16.2. The van der Waals surface area contributed by atoms with Crippen molar-refractivity contribution in [3.05, 3.63) is 59.4 Å². The summed E-state index contributed by atoms with van der Waals surface area (Å²) in [5, 5.41) is 6.17. The maximum absolute atomic E-state index is 12.6. The summed E-state index contributed by atoms with van der Waals surface area (Å²) in [7, 11) is 0. The Bertz CT molecular complexity index is 1190. The molecule has 1 saturated heterocycles. The molecule has 2 amide bonds. The molecule has 3 aromatic rings. The first kappa shape index (κ1) is 22.4. The van der Waals surface area contributed by atoms with E-state index >= 15 is 0 Å². The van der Waals surface area contributed by atoms with Gasteiger partial charge in [-0.15, -0.1) is 0 Å². The lowest BCUT2D eigenvalue weighted by atomic mass is 10.1. The fourth-order valence-corrected chi connectivity index (χ4v) is 3.93. The van der Waals surface area contributed by atoms with Crippen LogP contribution in [-0.4, -0.2) is 51.0 Å². The van der Waals surface area contributed by atoms with Crippen LogP contribution in [0.3, 0.4) is 0 Å². The normalized spacial score (nSPS) is 15.7. The molecule has 3 heterocycles. The van der Waals surface area contributed by atoms with E-state index < -0.39 is 0 Å². The zero-order valence-electron chi connectivity index (χ0n) is 19.4. The molecule has 2 aromatic heterocycles. The van der Waals surface area contributed by atoms with Gasteiger partial charge < -0.3 is 15.5 Å². The van der Waals surface area contributed by atoms with Crippen molar-refractivity contribution in [3.63, 3.8) is 0 Å². The third-order valence-corrected chi connectivity index (χ3v) is 5.93. The predicted octanol–water partition coefficient (Wildman–Crippen LogP) is 2.48. The SMILES string of the molecule is Cc1nc(NCCNC(=O)[C@H]2CC(=O)N(c3ccc(C)c(C)c3)C2)cc(-n2ccnc2C)n1. The molecule has 0 aliphatic carbocycles. The van der Waals surface area contributed by atoms with Crippen LogP contribution in [0.25, 0.3) is 5.82 Å². The summed E-state index contributed by atoms with van der Waals surface area (Å²) in [4.78, 5) is 40.0. The van der Waals surface area contributed by atoms with Gasteiger partial charge in [-0.05, 0) is 51.0 Å². The minimum Gasteiger partial charge on any atom is -0.368 e. The van der Waals surface area contributed by atoms with Gasteiger partial charge in [0.25, 0.3) is 0 Å². The van der Waals surface area contributed by atoms with E-state index in [1.807, 2.05) is 62.7 Å². The van der Waals surface area contributed by atoms with Gasteiger partial charge in [0.1, 0.15) is 23.3 Å². The molecule has 0 unspecified atom stereocenters. The van der Waals surface area contributed by atoms with Crippen LogP contribution < -0.4 is 15.5 Å². The Kier molecular flexibility index (Phi) is 6.39. The topological polar surface area (TPSA) is 105 Å². The molecule has 4 rings (SSSR count). The number of benzene rings is 1. The number of amides is 2. The van der Waals surface area contributed by atoms with E-state index in [1.165, 1.54) is 5.56 Å². The average molecular weight is 448 g/mol. The molecular weight excluding hydrogens is 418 g/mol. The molecule has 9 heteroatoms. The summed E-state index contributed by atoms with van der Waals surface area (Å²) in [6.45, 7) is 9.14. The molecule has 0 spiro atoms. The predicted molar refractivity (Wildman–Crippen MR) is 127 cm³/mol. The molecule has 33 heavy (non-hydrogen) atoms. The van der Waals surface area contributed by atoms with Gasteiger partial charge in [0.2, 0.25) is 11.8 Å². The van der Waals surface area contributed by atoms with Gasteiger partial charge in [0, 0.05) is 50.2 Å². The molecule has 1 atom stereocenters. The molecule has 0 bridgehead atoms. The van der Waals surface area contributed by atoms with Crippen LogP contribution in [0.15, 0.2) is 36.7 Å². The van der Waals surface area contributed by atoms with Crippen molar-refractivity contribution in [2.24, 2.45) is 5.92 Å². The highest BCUT2D eigenvalue weighted by molar-refractivity contribution is 6.00. The maximum Gasteiger partial charge on any atom is 0.227 e. The smallest absolute Gasteiger partial charge is 0.227 e. The first-order chi connectivity index (χ1) is 15.8. The van der Waals surface area contributed by atoms with E-state index in [4.69, 9.17) is 0 Å². The van der Waals surface area contributed by atoms with Crippen molar-refractivity contribution in [2.45, 2.75) is 34.1 Å². The molecule has 0 saturated carbocycles. The lowest BCUT2D eigenvalue weighted by Crippen LogP contribution is -2.35. The van der Waals surface area contributed by atoms with Crippen molar-refractivity contribution in [1.29, 1.82) is 0 Å². The number of aryl methyl sites for hydroxylation is 4. The van der Waals surface area contributed by atoms with Crippen LogP contribution in [0.5, 0.6) is 0 Å². The monoisotopic (exact) mass is 447 g/mol. The molecule has 9 nitrogen and oxygen atoms in total. The van der Waals surface area contributed by atoms with E-state index in [1.54, 1.807) is 11.1 Å². The Morgan fingerprint density at radius 3 is 2.64 bits per heavy atom. The number of imidazole rings is 1. The number of anilines is 2. The Hall–Kier alpha value is -3.75. The fourth-order valence-electron chi connectivity index (χ4n) is 3.93. The third kappa shape index (κ3) is 5.02. The van der Waals surface area contributed by atoms with Gasteiger partial charge in [-0.25, -0.2) is 15.0 Å². The molecule has 2 N–H and O–H groups in total. The lowest BCUT2D eigenvalue weighted by molar-refractivity contribution is -0.126. The number of nitrogens with zero attached hydrogens (tertiary/aromatic N) is 5. The Morgan fingerprint density at radius 2 is 1.91 bits per heavy atom. The summed E-state index contributed by atoms with van der Waals surface area (Å²) in [5.74, 6) is 2.42. The zero-order chi connectivity index (χ0) is 23.5. The van der Waals surface area contributed by atoms with E-state index in [0.717, 1.165) is 22.9 Å². The van der Waals surface area contributed by atoms with Crippen LogP contribution in [-0.2, 0) is 9.59 Å². The van der Waals surface area contributed by atoms with E-state index in [9.17, 15) is 9.59 Å². The summed E-state index contributed by atoms with van der Waals surface area (Å²) >= 11 is 0. The van der Waals surface area contributed by atoms with E-state index in [-0.39, 0.29) is 24.2 Å². The average Bonchev–Trinajstić information content (AvgIpc) is 3.38. The number of carbonyl (C=O) groups is 2. The van der Waals surface area contributed by atoms with Crippen LogP contribution >= 0.6 is 0 Å². The highest BCUT2D eigenvalue weighted by Crippen LogP contribution is 2.27. The molecule has 0 radical (unpaired) electrons. The Morgan fingerprint density at radius 1 is 1.09 bits per heavy atom. The number of aromatic nitrogens is 4. The van der Waals surface area contributed by atoms with Crippen molar-refractivity contribution in [2.75, 3.05) is 29.9 Å². The molecule has 1 aliphatic heterocycles. The van der Waals surface area contributed by atoms with Crippen molar-refractivity contribution in [3.8, 4) is 5.82 Å². The zero-order valence-corrected chi connectivity index (χ0v) is 19.4. The second-order valence-corrected chi connectivity index (χ2v) is 8.39. The highest BCUT2D eigenvalue weighted by Gasteiger charge is 2.35. The standard InChI is InChI=1S/C24H29N7O2/c1-15-5-6-20(11-16(15)2)31-14-19(12-23(31)32)24(33)27-8-7-26-21-13-22(29-17(3)28-21)30-10-9-25-18(30)4/h5-6,9-11,13,19H,7-8,12,14H2,1-4H3,(H,27,33)(H,26,28,29)/t19-/m0/s1. The molecular formula is C24H29N7O2. The van der Waals surface area contributed by atoms with Gasteiger partial charge >= 0.3 is 0 Å². The van der Waals surface area contributed by atoms with Crippen LogP contribution in [0, 0.1) is 33.6 Å². The van der Waals surface area contributed by atoms with Gasteiger partial charge in [-0.3, -0.25) is 14.2 Å². The van der Waals surface area contributed by atoms with Gasteiger partial charge in [0.05, 0.1) is 5.92 Å². The van der Waals surface area contributed by atoms with Gasteiger partial charge in [-0.2, -0.15) is 0 Å². The molecule has 1 aliphatic rings. The molecule has 1 aromatic carbocycles. The second kappa shape index (κ2) is 9.40. The van der Waals surface area contributed by atoms with Crippen LogP contribution in [0.4, 0.5) is 11.5 Å². The number of hydrogen-bond acceptors (Lipinski definition) is 6. The summed E-state index contributed by atoms with van der Waals surface area (Å²) in [5.41, 5.74) is 3.16. The van der Waals surface area contributed by atoms with E-state index in [0.29, 0.717) is 31.3 Å². The maximum atomic E-state index is 12.6. The Labute approximate surface area is 193 Å². The van der Waals surface area contributed by atoms with Crippen LogP contribution in [0.1, 0.15) is 29.2 Å². The first-order valence-electron chi connectivity index (χ1n) is 11.1. The Balaban J connectivity index is 1.29. The fraction of sp³-hybridized carbons (Fsp3) is 0.375. The van der Waals surface area contributed by atoms with Crippen LogP contribution in [0.2, 0.25) is 0 Å². The number of hydrogen-bond donors (Lipinski definition) is 2. The minimum absolute atomic E-state index is 0.0182. The number of carbonyl (C=O) groups excluding carboxylic acids is 2. The number of rotatable bonds is 7. The lowest BCUT2D eigenvalue weighted by Gasteiger charge is -2.18. The molecule has 1 fully saturated rings. The van der Waals surface area contributed by atoms with Crippen molar-refractivity contribution >= 4 is 23.3 Å². The summed E-state index contributed by atoms with van der Waals surface area (Å²) in [6, 6.07) is 7.79. The largest absolute Gasteiger partial charge is 0.368 e. The molecule has 172 valence electrons. The quantitative estimate of drug-likeness (QED) is 0.539. The van der Waals surface area contributed by atoms with Gasteiger partial charge in [0.15, 0.2) is 0 Å². The number of nitrogens with one attached hydrogen (secondary N) is 2. The second-order valence-electron chi connectivity index (χ2n) is 8.39. The van der Waals surface area contributed by atoms with Crippen molar-refractivity contribution < 1.29 is 9.59 Å². The van der Waals surface area contributed by atoms with E-state index in [2.05, 4.69) is 25.6 Å². The van der Waals surface area contributed by atoms with Gasteiger partial charge in [-0.1, -0.05) is 6.07 Å². The third-order valence-electron chi connectivity index (χ3n) is 5.93.